The van der Waals surface area contributed by atoms with Gasteiger partial charge in [0, 0.05) is 13.0 Å². The average Bonchev–Trinajstić information content (AvgIpc) is 2.39. The predicted molar refractivity (Wildman–Crippen MR) is 77.9 cm³/mol. The molecule has 0 aliphatic rings. The number of rotatable bonds is 7. The molecule has 4 heteroatoms. The van der Waals surface area contributed by atoms with Gasteiger partial charge in [0.2, 0.25) is 5.91 Å². The molecule has 2 atom stereocenters. The third kappa shape index (κ3) is 5.70. The Bertz CT molecular complexity index is 417. The van der Waals surface area contributed by atoms with Gasteiger partial charge in [-0.2, -0.15) is 0 Å². The number of nitrogens with one attached hydrogen (secondary N) is 1. The molecule has 0 heterocycles. The van der Waals surface area contributed by atoms with Crippen LogP contribution in [0.25, 0.3) is 0 Å². The van der Waals surface area contributed by atoms with E-state index in [1.54, 1.807) is 12.1 Å². The van der Waals surface area contributed by atoms with Crippen LogP contribution < -0.4 is 5.32 Å². The zero-order chi connectivity index (χ0) is 15.1. The second-order valence-corrected chi connectivity index (χ2v) is 5.61. The molecule has 0 aromatic heterocycles. The minimum Gasteiger partial charge on any atom is -0.393 e. The molecule has 20 heavy (non-hydrogen) atoms. The average molecular weight is 281 g/mol. The fourth-order valence-corrected chi connectivity index (χ4v) is 1.95. The van der Waals surface area contributed by atoms with E-state index in [0.717, 1.165) is 5.56 Å². The van der Waals surface area contributed by atoms with Crippen LogP contribution in [0.1, 0.15) is 45.1 Å². The van der Waals surface area contributed by atoms with Gasteiger partial charge in [0.05, 0.1) is 6.10 Å². The molecule has 0 spiro atoms. The molecular formula is C16H24FNO2. The summed E-state index contributed by atoms with van der Waals surface area (Å²) < 4.78 is 12.8. The number of aliphatic hydroxyl groups is 1. The quantitative estimate of drug-likeness (QED) is 0.807. The second kappa shape index (κ2) is 8.00. The maximum absolute atomic E-state index is 12.8. The molecule has 0 fully saturated rings. The Morgan fingerprint density at radius 3 is 2.40 bits per heavy atom. The largest absolute Gasteiger partial charge is 0.393 e. The Hall–Kier alpha value is -1.42. The molecule has 0 aliphatic heterocycles. The monoisotopic (exact) mass is 281 g/mol. The topological polar surface area (TPSA) is 49.3 Å². The third-order valence-electron chi connectivity index (χ3n) is 3.46. The maximum atomic E-state index is 12.8. The van der Waals surface area contributed by atoms with Crippen LogP contribution in [-0.4, -0.2) is 23.7 Å². The third-order valence-corrected chi connectivity index (χ3v) is 3.46. The first-order valence-electron chi connectivity index (χ1n) is 7.10. The van der Waals surface area contributed by atoms with Crippen LogP contribution in [0, 0.1) is 11.7 Å². The van der Waals surface area contributed by atoms with E-state index in [0.29, 0.717) is 19.4 Å². The van der Waals surface area contributed by atoms with E-state index in [9.17, 15) is 14.3 Å². The van der Waals surface area contributed by atoms with Gasteiger partial charge in [0.25, 0.3) is 0 Å². The highest BCUT2D eigenvalue weighted by molar-refractivity contribution is 5.76. The highest BCUT2D eigenvalue weighted by atomic mass is 19.1. The van der Waals surface area contributed by atoms with E-state index in [4.69, 9.17) is 0 Å². The van der Waals surface area contributed by atoms with Crippen molar-refractivity contribution in [3.05, 3.63) is 35.6 Å². The predicted octanol–water partition coefficient (Wildman–Crippen LogP) is 2.84. The lowest BCUT2D eigenvalue weighted by Gasteiger charge is -2.15. The number of amides is 1. The first-order chi connectivity index (χ1) is 9.40. The van der Waals surface area contributed by atoms with Gasteiger partial charge >= 0.3 is 0 Å². The van der Waals surface area contributed by atoms with E-state index < -0.39 is 0 Å². The lowest BCUT2D eigenvalue weighted by atomic mass is 9.97. The van der Waals surface area contributed by atoms with Crippen molar-refractivity contribution < 1.29 is 14.3 Å². The summed E-state index contributed by atoms with van der Waals surface area (Å²) in [6.45, 7) is 6.32. The van der Waals surface area contributed by atoms with Crippen molar-refractivity contribution in [3.63, 3.8) is 0 Å². The van der Waals surface area contributed by atoms with Gasteiger partial charge in [-0.15, -0.1) is 0 Å². The number of halogens is 1. The summed E-state index contributed by atoms with van der Waals surface area (Å²) in [5.74, 6) is -0.0680. The van der Waals surface area contributed by atoms with Gasteiger partial charge in [0.15, 0.2) is 0 Å². The van der Waals surface area contributed by atoms with Crippen LogP contribution >= 0.6 is 0 Å². The van der Waals surface area contributed by atoms with Gasteiger partial charge < -0.3 is 10.4 Å². The van der Waals surface area contributed by atoms with Gasteiger partial charge in [-0.1, -0.05) is 32.9 Å². The molecule has 3 nitrogen and oxygen atoms in total. The molecule has 0 saturated carbocycles. The molecule has 2 unspecified atom stereocenters. The Labute approximate surface area is 120 Å². The zero-order valence-corrected chi connectivity index (χ0v) is 12.4. The Balaban J connectivity index is 2.33. The first kappa shape index (κ1) is 16.6. The number of benzene rings is 1. The molecule has 0 bridgehead atoms. The van der Waals surface area contributed by atoms with Gasteiger partial charge in [-0.05, 0) is 36.0 Å². The van der Waals surface area contributed by atoms with Crippen molar-refractivity contribution in [1.29, 1.82) is 0 Å². The van der Waals surface area contributed by atoms with Gasteiger partial charge in [-0.3, -0.25) is 4.79 Å². The molecular weight excluding hydrogens is 257 g/mol. The zero-order valence-electron chi connectivity index (χ0n) is 12.4. The van der Waals surface area contributed by atoms with Crippen LogP contribution in [0.15, 0.2) is 24.3 Å². The van der Waals surface area contributed by atoms with Crippen molar-refractivity contribution in [2.45, 2.75) is 45.6 Å². The first-order valence-corrected chi connectivity index (χ1v) is 7.10. The Kier molecular flexibility index (Phi) is 6.65. The number of aliphatic hydroxyl groups excluding tert-OH is 1. The van der Waals surface area contributed by atoms with Gasteiger partial charge in [0.1, 0.15) is 5.82 Å². The molecule has 0 aliphatic carbocycles. The van der Waals surface area contributed by atoms with Crippen LogP contribution in [0.2, 0.25) is 0 Å². The number of hydrogen-bond acceptors (Lipinski definition) is 2. The summed E-state index contributed by atoms with van der Waals surface area (Å²) in [6, 6.07) is 6.22. The summed E-state index contributed by atoms with van der Waals surface area (Å²) in [4.78, 5) is 11.8. The fourth-order valence-electron chi connectivity index (χ4n) is 1.95. The lowest BCUT2D eigenvalue weighted by molar-refractivity contribution is -0.121. The van der Waals surface area contributed by atoms with Gasteiger partial charge in [-0.25, -0.2) is 4.39 Å². The summed E-state index contributed by atoms with van der Waals surface area (Å²) in [5, 5.41) is 12.4. The normalized spacial score (nSPS) is 14.1. The van der Waals surface area contributed by atoms with Crippen molar-refractivity contribution in [2.75, 3.05) is 6.54 Å². The lowest BCUT2D eigenvalue weighted by Crippen LogP contribution is -2.29. The van der Waals surface area contributed by atoms with Crippen LogP contribution in [0.3, 0.4) is 0 Å². The van der Waals surface area contributed by atoms with E-state index in [1.807, 2.05) is 20.8 Å². The maximum Gasteiger partial charge on any atom is 0.220 e. The summed E-state index contributed by atoms with van der Waals surface area (Å²) in [6.07, 6.45) is 0.544. The molecule has 0 saturated heterocycles. The summed E-state index contributed by atoms with van der Waals surface area (Å²) >= 11 is 0. The van der Waals surface area contributed by atoms with Crippen molar-refractivity contribution >= 4 is 5.91 Å². The molecule has 0 radical (unpaired) electrons. The Morgan fingerprint density at radius 1 is 1.25 bits per heavy atom. The fraction of sp³-hybridized carbons (Fsp3) is 0.562. The number of carbonyl (C=O) groups excluding carboxylic acids is 1. The standard InChI is InChI=1S/C16H24FNO2/c1-11(2)15(19)8-9-18-16(20)10-12(3)13-4-6-14(17)7-5-13/h4-7,11-12,15,19H,8-10H2,1-3H3,(H,18,20). The molecule has 1 rings (SSSR count). The molecule has 1 aromatic rings. The van der Waals surface area contributed by atoms with Crippen molar-refractivity contribution in [3.8, 4) is 0 Å². The van der Waals surface area contributed by atoms with E-state index in [-0.39, 0.29) is 29.7 Å². The molecule has 2 N–H and O–H groups in total. The van der Waals surface area contributed by atoms with Crippen LogP contribution in [-0.2, 0) is 4.79 Å². The highest BCUT2D eigenvalue weighted by Crippen LogP contribution is 2.19. The van der Waals surface area contributed by atoms with Crippen LogP contribution in [0.4, 0.5) is 4.39 Å². The Morgan fingerprint density at radius 2 is 1.85 bits per heavy atom. The summed E-state index contributed by atoms with van der Waals surface area (Å²) in [7, 11) is 0. The van der Waals surface area contributed by atoms with Crippen molar-refractivity contribution in [1.82, 2.24) is 5.32 Å². The van der Waals surface area contributed by atoms with E-state index in [1.165, 1.54) is 12.1 Å². The SMILES string of the molecule is CC(CC(=O)NCCC(O)C(C)C)c1ccc(F)cc1. The molecule has 1 amide bonds. The molecule has 1 aromatic carbocycles. The molecule has 112 valence electrons. The minimum atomic E-state index is -0.384. The highest BCUT2D eigenvalue weighted by Gasteiger charge is 2.13. The minimum absolute atomic E-state index is 0.0437. The number of hydrogen-bond donors (Lipinski definition) is 2. The van der Waals surface area contributed by atoms with Crippen LogP contribution in [0.5, 0.6) is 0 Å². The second-order valence-electron chi connectivity index (χ2n) is 5.61. The van der Waals surface area contributed by atoms with E-state index >= 15 is 0 Å². The van der Waals surface area contributed by atoms with Crippen molar-refractivity contribution in [2.24, 2.45) is 5.92 Å². The number of carbonyl (C=O) groups is 1. The smallest absolute Gasteiger partial charge is 0.220 e. The van der Waals surface area contributed by atoms with E-state index in [2.05, 4.69) is 5.32 Å². The summed E-state index contributed by atoms with van der Waals surface area (Å²) in [5.41, 5.74) is 0.948.